The molecule has 112 valence electrons. The van der Waals surface area contributed by atoms with Gasteiger partial charge < -0.3 is 10.1 Å². The molecule has 2 nitrogen and oxygen atoms in total. The Morgan fingerprint density at radius 3 is 2.43 bits per heavy atom. The number of hydrogen-bond acceptors (Lipinski definition) is 3. The first-order valence-corrected chi connectivity index (χ1v) is 8.57. The van der Waals surface area contributed by atoms with Crippen LogP contribution in [0, 0.1) is 0 Å². The Labute approximate surface area is 131 Å². The van der Waals surface area contributed by atoms with Crippen LogP contribution in [0.5, 0.6) is 5.75 Å². The van der Waals surface area contributed by atoms with Gasteiger partial charge in [-0.1, -0.05) is 30.3 Å². The van der Waals surface area contributed by atoms with Gasteiger partial charge in [0.1, 0.15) is 5.75 Å². The first kappa shape index (κ1) is 15.9. The second-order valence-corrected chi connectivity index (χ2v) is 5.84. The van der Waals surface area contributed by atoms with Gasteiger partial charge in [-0.05, 0) is 56.0 Å². The number of nitrogens with one attached hydrogen (secondary N) is 1. The van der Waals surface area contributed by atoms with Gasteiger partial charge in [0.15, 0.2) is 0 Å². The predicted octanol–water partition coefficient (Wildman–Crippen LogP) is 4.53. The highest BCUT2D eigenvalue weighted by Crippen LogP contribution is 2.18. The summed E-state index contributed by atoms with van der Waals surface area (Å²) in [6.45, 7) is 3.90. The average molecular weight is 301 g/mol. The zero-order chi connectivity index (χ0) is 14.9. The SMILES string of the molecule is CSc1ccc(C(C)NCCCOc2ccccc2)cc1. The highest BCUT2D eigenvalue weighted by molar-refractivity contribution is 7.98. The third-order valence-electron chi connectivity index (χ3n) is 3.40. The minimum absolute atomic E-state index is 0.373. The lowest BCUT2D eigenvalue weighted by Crippen LogP contribution is -2.21. The van der Waals surface area contributed by atoms with Crippen LogP contribution in [0.15, 0.2) is 59.5 Å². The average Bonchev–Trinajstić information content (AvgIpc) is 2.55. The van der Waals surface area contributed by atoms with E-state index in [4.69, 9.17) is 4.74 Å². The molecule has 21 heavy (non-hydrogen) atoms. The van der Waals surface area contributed by atoms with Crippen LogP contribution in [-0.2, 0) is 0 Å². The van der Waals surface area contributed by atoms with E-state index in [2.05, 4.69) is 42.8 Å². The van der Waals surface area contributed by atoms with Crippen molar-refractivity contribution in [3.8, 4) is 5.75 Å². The Kier molecular flexibility index (Phi) is 6.64. The molecule has 1 unspecified atom stereocenters. The summed E-state index contributed by atoms with van der Waals surface area (Å²) < 4.78 is 5.68. The molecule has 0 saturated heterocycles. The van der Waals surface area contributed by atoms with Gasteiger partial charge in [-0.25, -0.2) is 0 Å². The Hall–Kier alpha value is -1.45. The van der Waals surface area contributed by atoms with Crippen molar-refractivity contribution in [2.45, 2.75) is 24.3 Å². The molecule has 0 aliphatic rings. The summed E-state index contributed by atoms with van der Waals surface area (Å²) in [7, 11) is 0. The van der Waals surface area contributed by atoms with Crippen molar-refractivity contribution in [3.63, 3.8) is 0 Å². The maximum Gasteiger partial charge on any atom is 0.119 e. The summed E-state index contributed by atoms with van der Waals surface area (Å²) in [5.74, 6) is 0.943. The Balaban J connectivity index is 1.65. The molecule has 0 saturated carbocycles. The van der Waals surface area contributed by atoms with Gasteiger partial charge in [-0.2, -0.15) is 0 Å². The zero-order valence-corrected chi connectivity index (χ0v) is 13.5. The molecule has 2 rings (SSSR count). The van der Waals surface area contributed by atoms with Gasteiger partial charge >= 0.3 is 0 Å². The Bertz CT molecular complexity index is 513. The summed E-state index contributed by atoms with van der Waals surface area (Å²) >= 11 is 1.77. The van der Waals surface area contributed by atoms with Gasteiger partial charge in [0.05, 0.1) is 6.61 Å². The summed E-state index contributed by atoms with van der Waals surface area (Å²) in [6, 6.07) is 19.1. The maximum absolute atomic E-state index is 5.68. The molecular weight excluding hydrogens is 278 g/mol. The van der Waals surface area contributed by atoms with Crippen molar-refractivity contribution in [2.75, 3.05) is 19.4 Å². The molecule has 0 amide bonds. The number of para-hydroxylation sites is 1. The van der Waals surface area contributed by atoms with Gasteiger partial charge in [0.2, 0.25) is 0 Å². The normalized spacial score (nSPS) is 12.1. The van der Waals surface area contributed by atoms with E-state index >= 15 is 0 Å². The van der Waals surface area contributed by atoms with E-state index in [1.165, 1.54) is 10.5 Å². The van der Waals surface area contributed by atoms with Crippen LogP contribution >= 0.6 is 11.8 Å². The highest BCUT2D eigenvalue weighted by Gasteiger charge is 2.04. The molecule has 0 heterocycles. The second-order valence-electron chi connectivity index (χ2n) is 4.96. The summed E-state index contributed by atoms with van der Waals surface area (Å²) in [4.78, 5) is 1.31. The number of thioether (sulfide) groups is 1. The van der Waals surface area contributed by atoms with Crippen molar-refractivity contribution >= 4 is 11.8 Å². The molecule has 2 aromatic rings. The third kappa shape index (κ3) is 5.44. The minimum atomic E-state index is 0.373. The standard InChI is InChI=1S/C18H23NOS/c1-15(16-9-11-18(21-2)12-10-16)19-13-6-14-20-17-7-4-3-5-8-17/h3-5,7-12,15,19H,6,13-14H2,1-2H3. The van der Waals surface area contributed by atoms with Crippen LogP contribution in [-0.4, -0.2) is 19.4 Å². The second kappa shape index (κ2) is 8.75. The summed E-state index contributed by atoms with van der Waals surface area (Å²) in [6.07, 6.45) is 3.10. The fourth-order valence-electron chi connectivity index (χ4n) is 2.11. The Morgan fingerprint density at radius 2 is 1.76 bits per heavy atom. The van der Waals surface area contributed by atoms with E-state index in [1.807, 2.05) is 30.3 Å². The topological polar surface area (TPSA) is 21.3 Å². The van der Waals surface area contributed by atoms with Gasteiger partial charge in [0.25, 0.3) is 0 Å². The highest BCUT2D eigenvalue weighted by atomic mass is 32.2. The first-order chi connectivity index (χ1) is 10.3. The predicted molar refractivity (Wildman–Crippen MR) is 91.2 cm³/mol. The molecule has 0 spiro atoms. The van der Waals surface area contributed by atoms with Crippen molar-refractivity contribution < 1.29 is 4.74 Å². The van der Waals surface area contributed by atoms with Crippen molar-refractivity contribution in [2.24, 2.45) is 0 Å². The first-order valence-electron chi connectivity index (χ1n) is 7.35. The van der Waals surface area contributed by atoms with E-state index < -0.39 is 0 Å². The Morgan fingerprint density at radius 1 is 1.05 bits per heavy atom. The number of benzene rings is 2. The zero-order valence-electron chi connectivity index (χ0n) is 12.7. The third-order valence-corrected chi connectivity index (χ3v) is 4.14. The quantitative estimate of drug-likeness (QED) is 0.572. The molecular formula is C18H23NOS. The molecule has 0 aliphatic carbocycles. The van der Waals surface area contributed by atoms with Crippen LogP contribution in [0.25, 0.3) is 0 Å². The minimum Gasteiger partial charge on any atom is -0.494 e. The summed E-state index contributed by atoms with van der Waals surface area (Å²) in [5, 5.41) is 3.54. The number of ether oxygens (including phenoxy) is 1. The van der Waals surface area contributed by atoms with Crippen LogP contribution < -0.4 is 10.1 Å². The van der Waals surface area contributed by atoms with E-state index in [9.17, 15) is 0 Å². The molecule has 0 bridgehead atoms. The number of rotatable bonds is 8. The van der Waals surface area contributed by atoms with E-state index in [1.54, 1.807) is 11.8 Å². The van der Waals surface area contributed by atoms with Crippen LogP contribution in [0.1, 0.15) is 24.9 Å². The van der Waals surface area contributed by atoms with E-state index in [-0.39, 0.29) is 0 Å². The fourth-order valence-corrected chi connectivity index (χ4v) is 2.52. The van der Waals surface area contributed by atoms with Crippen LogP contribution in [0.2, 0.25) is 0 Å². The van der Waals surface area contributed by atoms with Gasteiger partial charge in [-0.15, -0.1) is 11.8 Å². The number of hydrogen-bond donors (Lipinski definition) is 1. The molecule has 3 heteroatoms. The lowest BCUT2D eigenvalue weighted by Gasteiger charge is -2.15. The lowest BCUT2D eigenvalue weighted by atomic mass is 10.1. The van der Waals surface area contributed by atoms with E-state index in [0.717, 1.165) is 25.3 Å². The van der Waals surface area contributed by atoms with Crippen molar-refractivity contribution in [1.82, 2.24) is 5.32 Å². The van der Waals surface area contributed by atoms with Gasteiger partial charge in [-0.3, -0.25) is 0 Å². The van der Waals surface area contributed by atoms with Gasteiger partial charge in [0, 0.05) is 10.9 Å². The van der Waals surface area contributed by atoms with Crippen molar-refractivity contribution in [3.05, 3.63) is 60.2 Å². The molecule has 1 atom stereocenters. The molecule has 1 N–H and O–H groups in total. The van der Waals surface area contributed by atoms with E-state index in [0.29, 0.717) is 6.04 Å². The smallest absolute Gasteiger partial charge is 0.119 e. The lowest BCUT2D eigenvalue weighted by molar-refractivity contribution is 0.305. The molecule has 0 aromatic heterocycles. The summed E-state index contributed by atoms with van der Waals surface area (Å²) in [5.41, 5.74) is 1.33. The fraction of sp³-hybridized carbons (Fsp3) is 0.333. The molecule has 0 fully saturated rings. The molecule has 0 radical (unpaired) electrons. The van der Waals surface area contributed by atoms with Crippen molar-refractivity contribution in [1.29, 1.82) is 0 Å². The largest absolute Gasteiger partial charge is 0.494 e. The van der Waals surface area contributed by atoms with Crippen LogP contribution in [0.3, 0.4) is 0 Å². The monoisotopic (exact) mass is 301 g/mol. The van der Waals surface area contributed by atoms with Crippen LogP contribution in [0.4, 0.5) is 0 Å². The maximum atomic E-state index is 5.68. The molecule has 0 aliphatic heterocycles. The molecule has 2 aromatic carbocycles.